The number of hydrogen-bond donors (Lipinski definition) is 1. The van der Waals surface area contributed by atoms with E-state index in [2.05, 4.69) is 11.4 Å². The summed E-state index contributed by atoms with van der Waals surface area (Å²) in [6.07, 6.45) is 4.86. The summed E-state index contributed by atoms with van der Waals surface area (Å²) in [6, 6.07) is 6.29. The molecule has 1 heterocycles. The average molecular weight is 266 g/mol. The molecule has 0 aliphatic heterocycles. The van der Waals surface area contributed by atoms with Gasteiger partial charge >= 0.3 is 0 Å². The molecule has 0 fully saturated rings. The smallest absolute Gasteiger partial charge is 0.113 e. The van der Waals surface area contributed by atoms with Crippen LogP contribution in [0.3, 0.4) is 0 Å². The Kier molecular flexibility index (Phi) is 6.92. The maximum absolute atomic E-state index is 9.11. The van der Waals surface area contributed by atoms with Crippen LogP contribution in [0, 0.1) is 11.3 Å². The van der Waals surface area contributed by atoms with Gasteiger partial charge < -0.3 is 4.42 Å². The number of furan rings is 1. The zero-order chi connectivity index (χ0) is 13.3. The number of hydrogen-bond acceptors (Lipinski definition) is 4. The molecule has 3 nitrogen and oxygen atoms in total. The molecule has 0 radical (unpaired) electrons. The Bertz CT molecular complexity index is 358. The minimum Gasteiger partial charge on any atom is -0.468 e. The summed E-state index contributed by atoms with van der Waals surface area (Å²) in [5.41, 5.74) is -0.361. The fourth-order valence-electron chi connectivity index (χ4n) is 1.82. The molecule has 1 N–H and O–H groups in total. The van der Waals surface area contributed by atoms with Crippen LogP contribution in [-0.4, -0.2) is 17.8 Å². The Balaban J connectivity index is 2.06. The average Bonchev–Trinajstić information content (AvgIpc) is 2.87. The van der Waals surface area contributed by atoms with Crippen molar-refractivity contribution in [1.82, 2.24) is 5.32 Å². The summed E-state index contributed by atoms with van der Waals surface area (Å²) in [7, 11) is 0. The summed E-state index contributed by atoms with van der Waals surface area (Å²) in [4.78, 5) is 0. The second-order valence-corrected chi connectivity index (χ2v) is 5.67. The molecular weight excluding hydrogens is 244 g/mol. The Morgan fingerprint density at radius 1 is 1.50 bits per heavy atom. The number of nitrogens with zero attached hydrogens (tertiary/aromatic N) is 1. The number of nitriles is 1. The van der Waals surface area contributed by atoms with Crippen LogP contribution in [0.1, 0.15) is 38.9 Å². The highest BCUT2D eigenvalue weighted by Crippen LogP contribution is 2.17. The van der Waals surface area contributed by atoms with Crippen molar-refractivity contribution in [3.63, 3.8) is 0 Å². The highest BCUT2D eigenvalue weighted by Gasteiger charge is 2.20. The maximum atomic E-state index is 9.11. The minimum atomic E-state index is -0.361. The van der Waals surface area contributed by atoms with Crippen molar-refractivity contribution in [3.8, 4) is 6.07 Å². The van der Waals surface area contributed by atoms with E-state index >= 15 is 0 Å². The highest BCUT2D eigenvalue weighted by atomic mass is 32.2. The SMILES string of the molecule is CCNC(C)(C#N)CCCCSCc1ccco1. The van der Waals surface area contributed by atoms with Crippen molar-refractivity contribution in [2.45, 2.75) is 44.4 Å². The Hall–Kier alpha value is -0.920. The van der Waals surface area contributed by atoms with Crippen LogP contribution in [0.25, 0.3) is 0 Å². The van der Waals surface area contributed by atoms with Crippen LogP contribution >= 0.6 is 11.8 Å². The van der Waals surface area contributed by atoms with E-state index in [9.17, 15) is 0 Å². The lowest BCUT2D eigenvalue weighted by atomic mass is 9.97. The standard InChI is InChI=1S/C14H22N2OS/c1-3-16-14(2,12-15)8-4-5-10-18-11-13-7-6-9-17-13/h6-7,9,16H,3-5,8,10-11H2,1-2H3. The summed E-state index contributed by atoms with van der Waals surface area (Å²) in [5, 5.41) is 12.4. The van der Waals surface area contributed by atoms with E-state index < -0.39 is 0 Å². The van der Waals surface area contributed by atoms with Crippen molar-refractivity contribution >= 4 is 11.8 Å². The molecule has 1 unspecified atom stereocenters. The molecule has 0 saturated heterocycles. The van der Waals surface area contributed by atoms with Gasteiger partial charge in [0.2, 0.25) is 0 Å². The van der Waals surface area contributed by atoms with Gasteiger partial charge in [-0.25, -0.2) is 0 Å². The van der Waals surface area contributed by atoms with E-state index in [4.69, 9.17) is 9.68 Å². The fraction of sp³-hybridized carbons (Fsp3) is 0.643. The number of rotatable bonds is 9. The van der Waals surface area contributed by atoms with E-state index in [-0.39, 0.29) is 5.54 Å². The molecular formula is C14H22N2OS. The molecule has 1 aromatic rings. The monoisotopic (exact) mass is 266 g/mol. The minimum absolute atomic E-state index is 0.361. The first-order valence-electron chi connectivity index (χ1n) is 6.46. The van der Waals surface area contributed by atoms with Gasteiger partial charge in [0.25, 0.3) is 0 Å². The fourth-order valence-corrected chi connectivity index (χ4v) is 2.74. The zero-order valence-electron chi connectivity index (χ0n) is 11.2. The summed E-state index contributed by atoms with van der Waals surface area (Å²) >= 11 is 1.89. The third-order valence-electron chi connectivity index (χ3n) is 2.85. The molecule has 18 heavy (non-hydrogen) atoms. The predicted octanol–water partition coefficient (Wildman–Crippen LogP) is 3.57. The van der Waals surface area contributed by atoms with Gasteiger partial charge in [0.15, 0.2) is 0 Å². The van der Waals surface area contributed by atoms with Crippen molar-refractivity contribution in [2.24, 2.45) is 0 Å². The zero-order valence-corrected chi connectivity index (χ0v) is 12.1. The third-order valence-corrected chi connectivity index (χ3v) is 3.92. The maximum Gasteiger partial charge on any atom is 0.113 e. The van der Waals surface area contributed by atoms with E-state index in [0.717, 1.165) is 43.1 Å². The summed E-state index contributed by atoms with van der Waals surface area (Å²) < 4.78 is 5.27. The molecule has 4 heteroatoms. The van der Waals surface area contributed by atoms with Gasteiger partial charge in [0.05, 0.1) is 18.1 Å². The first-order chi connectivity index (χ1) is 8.70. The molecule has 0 aromatic carbocycles. The first kappa shape index (κ1) is 15.1. The van der Waals surface area contributed by atoms with Gasteiger partial charge in [-0.15, -0.1) is 0 Å². The first-order valence-corrected chi connectivity index (χ1v) is 7.62. The third kappa shape index (κ3) is 5.61. The van der Waals surface area contributed by atoms with E-state index in [1.165, 1.54) is 0 Å². The van der Waals surface area contributed by atoms with Crippen LogP contribution in [-0.2, 0) is 5.75 Å². The summed E-state index contributed by atoms with van der Waals surface area (Å²) in [6.45, 7) is 4.86. The van der Waals surface area contributed by atoms with Crippen LogP contribution < -0.4 is 5.32 Å². The molecule has 0 aliphatic rings. The van der Waals surface area contributed by atoms with Gasteiger partial charge in [-0.3, -0.25) is 5.32 Å². The van der Waals surface area contributed by atoms with Crippen LogP contribution in [0.5, 0.6) is 0 Å². The van der Waals surface area contributed by atoms with Crippen LogP contribution in [0.4, 0.5) is 0 Å². The van der Waals surface area contributed by atoms with Gasteiger partial charge in [-0.1, -0.05) is 6.92 Å². The molecule has 0 bridgehead atoms. The summed E-state index contributed by atoms with van der Waals surface area (Å²) in [5.74, 6) is 3.10. The Morgan fingerprint density at radius 2 is 2.33 bits per heavy atom. The topological polar surface area (TPSA) is 49.0 Å². The Labute approximate surface area is 114 Å². The van der Waals surface area contributed by atoms with Crippen molar-refractivity contribution in [1.29, 1.82) is 5.26 Å². The van der Waals surface area contributed by atoms with Gasteiger partial charge in [-0.2, -0.15) is 17.0 Å². The molecule has 0 spiro atoms. The lowest BCUT2D eigenvalue weighted by Crippen LogP contribution is -2.40. The molecule has 1 aromatic heterocycles. The lowest BCUT2D eigenvalue weighted by Gasteiger charge is -2.22. The number of unbranched alkanes of at least 4 members (excludes halogenated alkanes) is 1. The molecule has 1 atom stereocenters. The molecule has 1 rings (SSSR count). The molecule has 100 valence electrons. The van der Waals surface area contributed by atoms with Crippen LogP contribution in [0.15, 0.2) is 22.8 Å². The predicted molar refractivity (Wildman–Crippen MR) is 76.4 cm³/mol. The molecule has 0 amide bonds. The molecule has 0 saturated carbocycles. The largest absolute Gasteiger partial charge is 0.468 e. The second kappa shape index (κ2) is 8.23. The number of thioether (sulfide) groups is 1. The van der Waals surface area contributed by atoms with Crippen molar-refractivity contribution in [3.05, 3.63) is 24.2 Å². The van der Waals surface area contributed by atoms with Crippen LogP contribution in [0.2, 0.25) is 0 Å². The molecule has 0 aliphatic carbocycles. The number of nitrogens with one attached hydrogen (secondary N) is 1. The Morgan fingerprint density at radius 3 is 2.94 bits per heavy atom. The highest BCUT2D eigenvalue weighted by molar-refractivity contribution is 7.98. The van der Waals surface area contributed by atoms with Gasteiger partial charge in [-0.05, 0) is 50.6 Å². The van der Waals surface area contributed by atoms with Crippen molar-refractivity contribution < 1.29 is 4.42 Å². The van der Waals surface area contributed by atoms with E-state index in [0.29, 0.717) is 0 Å². The van der Waals surface area contributed by atoms with Gasteiger partial charge in [0.1, 0.15) is 11.3 Å². The lowest BCUT2D eigenvalue weighted by molar-refractivity contribution is 0.415. The quantitative estimate of drug-likeness (QED) is 0.694. The van der Waals surface area contributed by atoms with Crippen molar-refractivity contribution in [2.75, 3.05) is 12.3 Å². The van der Waals surface area contributed by atoms with E-state index in [1.54, 1.807) is 6.26 Å². The second-order valence-electron chi connectivity index (χ2n) is 4.56. The normalized spacial score (nSPS) is 14.1. The van der Waals surface area contributed by atoms with Gasteiger partial charge in [0, 0.05) is 0 Å². The van der Waals surface area contributed by atoms with E-state index in [1.807, 2.05) is 37.7 Å².